The molecule has 1 aromatic carbocycles. The maximum atomic E-state index is 12.0. The van der Waals surface area contributed by atoms with Gasteiger partial charge in [0.05, 0.1) is 6.04 Å². The van der Waals surface area contributed by atoms with Crippen LogP contribution in [-0.4, -0.2) is 18.6 Å². The second kappa shape index (κ2) is 6.57. The third-order valence-corrected chi connectivity index (χ3v) is 2.00. The number of amides is 1. The molecule has 1 rings (SSSR count). The summed E-state index contributed by atoms with van der Waals surface area (Å²) in [5.41, 5.74) is 5.80. The molecular weight excluding hydrogens is 242 g/mol. The van der Waals surface area contributed by atoms with Crippen molar-refractivity contribution in [3.63, 3.8) is 0 Å². The number of alkyl halides is 2. The molecule has 0 fully saturated rings. The number of nitrogens with one attached hydrogen (secondary N) is 1. The highest BCUT2D eigenvalue weighted by atomic mass is 19.3. The Labute approximate surface area is 103 Å². The molecule has 0 aromatic heterocycles. The van der Waals surface area contributed by atoms with Crippen molar-refractivity contribution < 1.29 is 18.3 Å². The van der Waals surface area contributed by atoms with Gasteiger partial charge in [0.1, 0.15) is 5.75 Å². The fourth-order valence-corrected chi connectivity index (χ4v) is 1.20. The van der Waals surface area contributed by atoms with Gasteiger partial charge in [0, 0.05) is 18.2 Å². The molecule has 1 unspecified atom stereocenters. The number of terminal acetylenes is 1. The lowest BCUT2D eigenvalue weighted by Gasteiger charge is -2.11. The average molecular weight is 254 g/mol. The largest absolute Gasteiger partial charge is 0.435 e. The zero-order valence-electron chi connectivity index (χ0n) is 9.40. The van der Waals surface area contributed by atoms with Gasteiger partial charge in [0.25, 0.3) is 0 Å². The number of nitrogens with two attached hydrogens (primary N) is 1. The number of rotatable bonds is 5. The second-order valence-corrected chi connectivity index (χ2v) is 3.41. The van der Waals surface area contributed by atoms with Crippen LogP contribution in [0.2, 0.25) is 0 Å². The lowest BCUT2D eigenvalue weighted by molar-refractivity contribution is -0.117. The molecule has 3 N–H and O–H groups in total. The zero-order chi connectivity index (χ0) is 13.5. The predicted molar refractivity (Wildman–Crippen MR) is 63.1 cm³/mol. The van der Waals surface area contributed by atoms with E-state index in [1.807, 2.05) is 0 Å². The normalized spacial score (nSPS) is 11.7. The molecule has 0 saturated heterocycles. The van der Waals surface area contributed by atoms with E-state index in [-0.39, 0.29) is 12.2 Å². The summed E-state index contributed by atoms with van der Waals surface area (Å²) in [7, 11) is 0. The van der Waals surface area contributed by atoms with Crippen LogP contribution in [-0.2, 0) is 4.79 Å². The van der Waals surface area contributed by atoms with Crippen molar-refractivity contribution in [2.45, 2.75) is 19.1 Å². The van der Waals surface area contributed by atoms with Crippen molar-refractivity contribution in [1.82, 2.24) is 0 Å². The number of ether oxygens (including phenoxy) is 1. The fourth-order valence-electron chi connectivity index (χ4n) is 1.20. The standard InChI is InChI=1S/C12H12F2N2O2/c1-2-4-10(15)11(17)16-8-5-3-6-9(7-8)18-12(13)14/h1,3,5-7,10,12H,4,15H2,(H,16,17). The van der Waals surface area contributed by atoms with Crippen LogP contribution in [0.15, 0.2) is 24.3 Å². The quantitative estimate of drug-likeness (QED) is 0.784. The van der Waals surface area contributed by atoms with E-state index in [1.165, 1.54) is 24.3 Å². The van der Waals surface area contributed by atoms with Gasteiger partial charge in [0.2, 0.25) is 5.91 Å². The Kier molecular flexibility index (Phi) is 5.08. The summed E-state index contributed by atoms with van der Waals surface area (Å²) < 4.78 is 28.2. The molecule has 0 radical (unpaired) electrons. The molecule has 0 aliphatic rings. The number of carbonyl (C=O) groups excluding carboxylic acids is 1. The van der Waals surface area contributed by atoms with Crippen LogP contribution < -0.4 is 15.8 Å². The Morgan fingerprint density at radius 2 is 2.28 bits per heavy atom. The van der Waals surface area contributed by atoms with Crippen LogP contribution in [0, 0.1) is 12.3 Å². The van der Waals surface area contributed by atoms with E-state index in [9.17, 15) is 13.6 Å². The molecule has 6 heteroatoms. The van der Waals surface area contributed by atoms with E-state index < -0.39 is 18.6 Å². The van der Waals surface area contributed by atoms with Crippen LogP contribution in [0.4, 0.5) is 14.5 Å². The Bertz CT molecular complexity index is 458. The minimum atomic E-state index is -2.92. The zero-order valence-corrected chi connectivity index (χ0v) is 9.40. The molecule has 4 nitrogen and oxygen atoms in total. The highest BCUT2D eigenvalue weighted by molar-refractivity contribution is 5.95. The molecule has 1 aromatic rings. The van der Waals surface area contributed by atoms with Crippen molar-refractivity contribution in [2.24, 2.45) is 5.73 Å². The molecule has 1 amide bonds. The summed E-state index contributed by atoms with van der Waals surface area (Å²) in [5, 5.41) is 2.46. The van der Waals surface area contributed by atoms with Gasteiger partial charge in [-0.15, -0.1) is 12.3 Å². The second-order valence-electron chi connectivity index (χ2n) is 3.41. The first kappa shape index (κ1) is 13.9. The number of benzene rings is 1. The fraction of sp³-hybridized carbons (Fsp3) is 0.250. The molecule has 0 spiro atoms. The van der Waals surface area contributed by atoms with Crippen LogP contribution in [0.5, 0.6) is 5.75 Å². The molecule has 0 heterocycles. The Balaban J connectivity index is 2.67. The molecule has 1 atom stereocenters. The van der Waals surface area contributed by atoms with Gasteiger partial charge >= 0.3 is 6.61 Å². The molecular formula is C12H12F2N2O2. The SMILES string of the molecule is C#CCC(N)C(=O)Nc1cccc(OC(F)F)c1. The minimum absolute atomic E-state index is 0.0479. The Morgan fingerprint density at radius 1 is 1.56 bits per heavy atom. The summed E-state index contributed by atoms with van der Waals surface area (Å²) in [6.45, 7) is -2.92. The van der Waals surface area contributed by atoms with Gasteiger partial charge < -0.3 is 15.8 Å². The Hall–Kier alpha value is -2.13. The Morgan fingerprint density at radius 3 is 2.89 bits per heavy atom. The highest BCUT2D eigenvalue weighted by Crippen LogP contribution is 2.19. The van der Waals surface area contributed by atoms with Gasteiger partial charge in [-0.3, -0.25) is 4.79 Å². The minimum Gasteiger partial charge on any atom is -0.435 e. The van der Waals surface area contributed by atoms with Gasteiger partial charge in [-0.2, -0.15) is 8.78 Å². The third-order valence-electron chi connectivity index (χ3n) is 2.00. The maximum absolute atomic E-state index is 12.0. The number of carbonyl (C=O) groups is 1. The molecule has 18 heavy (non-hydrogen) atoms. The van der Waals surface area contributed by atoms with E-state index in [2.05, 4.69) is 16.0 Å². The van der Waals surface area contributed by atoms with Crippen LogP contribution in [0.1, 0.15) is 6.42 Å². The first-order valence-corrected chi connectivity index (χ1v) is 5.07. The number of hydrogen-bond donors (Lipinski definition) is 2. The van der Waals surface area contributed by atoms with E-state index in [0.717, 1.165) is 0 Å². The molecule has 0 saturated carbocycles. The first-order valence-electron chi connectivity index (χ1n) is 5.07. The van der Waals surface area contributed by atoms with Gasteiger partial charge in [0.15, 0.2) is 0 Å². The predicted octanol–water partition coefficient (Wildman–Crippen LogP) is 1.58. The number of halogens is 2. The van der Waals surface area contributed by atoms with E-state index >= 15 is 0 Å². The topological polar surface area (TPSA) is 64.4 Å². The molecule has 96 valence electrons. The summed E-state index contributed by atoms with van der Waals surface area (Å²) in [5.74, 6) is 1.73. The highest BCUT2D eigenvalue weighted by Gasteiger charge is 2.12. The van der Waals surface area contributed by atoms with E-state index in [4.69, 9.17) is 12.2 Å². The number of hydrogen-bond acceptors (Lipinski definition) is 3. The first-order chi connectivity index (χ1) is 8.52. The summed E-state index contributed by atoms with van der Waals surface area (Å²) in [6, 6.07) is 4.78. The third kappa shape index (κ3) is 4.39. The van der Waals surface area contributed by atoms with E-state index in [0.29, 0.717) is 5.69 Å². The average Bonchev–Trinajstić information content (AvgIpc) is 2.28. The van der Waals surface area contributed by atoms with Crippen molar-refractivity contribution >= 4 is 11.6 Å². The van der Waals surface area contributed by atoms with Crippen LogP contribution in [0.25, 0.3) is 0 Å². The molecule has 0 aliphatic heterocycles. The summed E-state index contributed by atoms with van der Waals surface area (Å²) >= 11 is 0. The molecule has 0 bridgehead atoms. The summed E-state index contributed by atoms with van der Waals surface area (Å²) in [6.07, 6.45) is 5.12. The van der Waals surface area contributed by atoms with Gasteiger partial charge in [-0.05, 0) is 12.1 Å². The smallest absolute Gasteiger partial charge is 0.387 e. The van der Waals surface area contributed by atoms with Crippen molar-refractivity contribution in [3.05, 3.63) is 24.3 Å². The number of anilines is 1. The monoisotopic (exact) mass is 254 g/mol. The van der Waals surface area contributed by atoms with E-state index in [1.54, 1.807) is 0 Å². The van der Waals surface area contributed by atoms with Crippen molar-refractivity contribution in [1.29, 1.82) is 0 Å². The van der Waals surface area contributed by atoms with Gasteiger partial charge in [-0.1, -0.05) is 6.07 Å². The van der Waals surface area contributed by atoms with Crippen molar-refractivity contribution in [2.75, 3.05) is 5.32 Å². The lowest BCUT2D eigenvalue weighted by atomic mass is 10.2. The summed E-state index contributed by atoms with van der Waals surface area (Å²) in [4.78, 5) is 11.5. The van der Waals surface area contributed by atoms with Crippen LogP contribution in [0.3, 0.4) is 0 Å². The molecule has 0 aliphatic carbocycles. The lowest BCUT2D eigenvalue weighted by Crippen LogP contribution is -2.35. The van der Waals surface area contributed by atoms with Gasteiger partial charge in [-0.25, -0.2) is 0 Å². The maximum Gasteiger partial charge on any atom is 0.387 e. The van der Waals surface area contributed by atoms with Crippen LogP contribution >= 0.6 is 0 Å². The van der Waals surface area contributed by atoms with Crippen molar-refractivity contribution in [3.8, 4) is 18.1 Å².